The molecule has 0 aliphatic carbocycles. The van der Waals surface area contributed by atoms with Crippen LogP contribution in [0.15, 0.2) is 59.7 Å². The van der Waals surface area contributed by atoms with Crippen molar-refractivity contribution in [3.63, 3.8) is 0 Å². The molecule has 2 aromatic rings. The molecule has 6 nitrogen and oxygen atoms in total. The van der Waals surface area contributed by atoms with Gasteiger partial charge < -0.3 is 15.9 Å². The van der Waals surface area contributed by atoms with E-state index < -0.39 is 0 Å². The molecule has 29 heavy (non-hydrogen) atoms. The van der Waals surface area contributed by atoms with Crippen LogP contribution in [0.4, 0.5) is 0 Å². The second-order valence-electron chi connectivity index (χ2n) is 6.77. The van der Waals surface area contributed by atoms with Gasteiger partial charge in [-0.25, -0.2) is 0 Å². The SMILES string of the molecule is CCOC(=O)CC(NC(=O)CCCCc1ccc(C=NN)cc1)c1ccccc1. The van der Waals surface area contributed by atoms with Gasteiger partial charge in [0.25, 0.3) is 0 Å². The second-order valence-corrected chi connectivity index (χ2v) is 6.77. The standard InChI is InChI=1S/C23H29N3O3/c1-2-29-23(28)16-21(20-9-4-3-5-10-20)26-22(27)11-7-6-8-18-12-14-19(15-13-18)17-25-24/h3-5,9-10,12-15,17,21H,2,6-8,11,16,24H2,1H3,(H,26,27). The van der Waals surface area contributed by atoms with Crippen LogP contribution in [0.2, 0.25) is 0 Å². The van der Waals surface area contributed by atoms with Crippen LogP contribution >= 0.6 is 0 Å². The van der Waals surface area contributed by atoms with Crippen molar-refractivity contribution in [3.05, 3.63) is 71.3 Å². The van der Waals surface area contributed by atoms with Crippen LogP contribution in [0.25, 0.3) is 0 Å². The van der Waals surface area contributed by atoms with Crippen molar-refractivity contribution in [2.45, 2.75) is 45.1 Å². The zero-order chi connectivity index (χ0) is 20.9. The number of hydrogen-bond donors (Lipinski definition) is 2. The van der Waals surface area contributed by atoms with E-state index in [1.54, 1.807) is 13.1 Å². The molecule has 0 aliphatic rings. The van der Waals surface area contributed by atoms with E-state index in [0.717, 1.165) is 30.4 Å². The van der Waals surface area contributed by atoms with Crippen molar-refractivity contribution in [1.82, 2.24) is 5.32 Å². The molecule has 2 rings (SSSR count). The number of rotatable bonds is 11. The minimum Gasteiger partial charge on any atom is -0.466 e. The summed E-state index contributed by atoms with van der Waals surface area (Å²) in [6, 6.07) is 17.2. The molecule has 0 heterocycles. The fraction of sp³-hybridized carbons (Fsp3) is 0.348. The fourth-order valence-corrected chi connectivity index (χ4v) is 3.06. The Morgan fingerprint density at radius 1 is 1.10 bits per heavy atom. The lowest BCUT2D eigenvalue weighted by molar-refractivity contribution is -0.143. The number of unbranched alkanes of at least 4 members (excludes halogenated alkanes) is 1. The molecule has 0 aromatic heterocycles. The van der Waals surface area contributed by atoms with Gasteiger partial charge in [0.2, 0.25) is 5.91 Å². The number of benzene rings is 2. The number of aryl methyl sites for hydroxylation is 1. The molecule has 1 unspecified atom stereocenters. The molecule has 0 spiro atoms. The van der Waals surface area contributed by atoms with Crippen LogP contribution in [-0.4, -0.2) is 24.7 Å². The zero-order valence-corrected chi connectivity index (χ0v) is 16.8. The van der Waals surface area contributed by atoms with Crippen LogP contribution in [0.3, 0.4) is 0 Å². The molecule has 1 atom stereocenters. The number of nitrogens with zero attached hydrogens (tertiary/aromatic N) is 1. The summed E-state index contributed by atoms with van der Waals surface area (Å²) in [5.41, 5.74) is 3.07. The Kier molecular flexibility index (Phi) is 9.42. The van der Waals surface area contributed by atoms with E-state index in [1.807, 2.05) is 54.6 Å². The number of nitrogens with one attached hydrogen (secondary N) is 1. The molecule has 1 amide bonds. The van der Waals surface area contributed by atoms with E-state index in [1.165, 1.54) is 5.56 Å². The molecule has 0 saturated carbocycles. The zero-order valence-electron chi connectivity index (χ0n) is 16.8. The lowest BCUT2D eigenvalue weighted by Gasteiger charge is -2.18. The first-order valence-corrected chi connectivity index (χ1v) is 9.94. The van der Waals surface area contributed by atoms with E-state index in [-0.39, 0.29) is 24.3 Å². The molecule has 0 radical (unpaired) electrons. The lowest BCUT2D eigenvalue weighted by atomic mass is 10.0. The Hall–Kier alpha value is -3.15. The van der Waals surface area contributed by atoms with Gasteiger partial charge in [0.1, 0.15) is 0 Å². The van der Waals surface area contributed by atoms with Crippen molar-refractivity contribution in [1.29, 1.82) is 0 Å². The number of amides is 1. The molecule has 2 aromatic carbocycles. The monoisotopic (exact) mass is 395 g/mol. The quantitative estimate of drug-likeness (QED) is 0.200. The summed E-state index contributed by atoms with van der Waals surface area (Å²) >= 11 is 0. The average Bonchev–Trinajstić information content (AvgIpc) is 2.73. The Labute approximate surface area is 172 Å². The third-order valence-corrected chi connectivity index (χ3v) is 4.54. The van der Waals surface area contributed by atoms with Gasteiger partial charge in [0.15, 0.2) is 0 Å². The van der Waals surface area contributed by atoms with Crippen LogP contribution in [0, 0.1) is 0 Å². The Bertz CT molecular complexity index is 789. The molecular weight excluding hydrogens is 366 g/mol. The molecule has 154 valence electrons. The molecule has 0 saturated heterocycles. The number of carbonyl (C=O) groups excluding carboxylic acids is 2. The van der Waals surface area contributed by atoms with Crippen molar-refractivity contribution in [2.24, 2.45) is 10.9 Å². The first kappa shape index (κ1) is 22.1. The summed E-state index contributed by atoms with van der Waals surface area (Å²) < 4.78 is 5.04. The molecule has 0 bridgehead atoms. The van der Waals surface area contributed by atoms with Gasteiger partial charge in [-0.05, 0) is 42.9 Å². The Morgan fingerprint density at radius 3 is 2.48 bits per heavy atom. The second kappa shape index (κ2) is 12.3. The number of carbonyl (C=O) groups is 2. The van der Waals surface area contributed by atoms with E-state index in [2.05, 4.69) is 10.4 Å². The van der Waals surface area contributed by atoms with Crippen LogP contribution in [-0.2, 0) is 20.7 Å². The summed E-state index contributed by atoms with van der Waals surface area (Å²) in [5, 5.41) is 6.48. The molecule has 6 heteroatoms. The smallest absolute Gasteiger partial charge is 0.308 e. The largest absolute Gasteiger partial charge is 0.466 e. The highest BCUT2D eigenvalue weighted by Gasteiger charge is 2.18. The summed E-state index contributed by atoms with van der Waals surface area (Å²) in [7, 11) is 0. The van der Waals surface area contributed by atoms with Gasteiger partial charge in [-0.2, -0.15) is 5.10 Å². The van der Waals surface area contributed by atoms with E-state index in [4.69, 9.17) is 10.6 Å². The van der Waals surface area contributed by atoms with Gasteiger partial charge in [-0.15, -0.1) is 0 Å². The average molecular weight is 396 g/mol. The van der Waals surface area contributed by atoms with Crippen molar-refractivity contribution in [3.8, 4) is 0 Å². The van der Waals surface area contributed by atoms with Crippen molar-refractivity contribution in [2.75, 3.05) is 6.61 Å². The lowest BCUT2D eigenvalue weighted by Crippen LogP contribution is -2.30. The van der Waals surface area contributed by atoms with Gasteiger partial charge in [0.05, 0.1) is 25.3 Å². The first-order chi connectivity index (χ1) is 14.1. The van der Waals surface area contributed by atoms with Gasteiger partial charge >= 0.3 is 5.97 Å². The van der Waals surface area contributed by atoms with Crippen LogP contribution in [0.1, 0.15) is 55.3 Å². The normalized spacial score (nSPS) is 11.9. The minimum absolute atomic E-state index is 0.0577. The van der Waals surface area contributed by atoms with Crippen LogP contribution in [0.5, 0.6) is 0 Å². The molecule has 0 fully saturated rings. The van der Waals surface area contributed by atoms with E-state index in [0.29, 0.717) is 13.0 Å². The van der Waals surface area contributed by atoms with Gasteiger partial charge in [-0.1, -0.05) is 54.6 Å². The van der Waals surface area contributed by atoms with Gasteiger partial charge in [-0.3, -0.25) is 9.59 Å². The van der Waals surface area contributed by atoms with E-state index in [9.17, 15) is 9.59 Å². The number of nitrogens with two attached hydrogens (primary N) is 1. The number of hydrogen-bond acceptors (Lipinski definition) is 5. The molecular formula is C23H29N3O3. The minimum atomic E-state index is -0.375. The topological polar surface area (TPSA) is 93.8 Å². The highest BCUT2D eigenvalue weighted by atomic mass is 16.5. The summed E-state index contributed by atoms with van der Waals surface area (Å²) in [6.45, 7) is 2.10. The Balaban J connectivity index is 1.80. The third kappa shape index (κ3) is 8.17. The fourth-order valence-electron chi connectivity index (χ4n) is 3.06. The maximum absolute atomic E-state index is 12.4. The van der Waals surface area contributed by atoms with Crippen molar-refractivity contribution >= 4 is 18.1 Å². The third-order valence-electron chi connectivity index (χ3n) is 4.54. The highest BCUT2D eigenvalue weighted by molar-refractivity contribution is 5.79. The predicted molar refractivity (Wildman–Crippen MR) is 114 cm³/mol. The summed E-state index contributed by atoms with van der Waals surface area (Å²) in [4.78, 5) is 24.3. The first-order valence-electron chi connectivity index (χ1n) is 9.94. The number of esters is 1. The highest BCUT2D eigenvalue weighted by Crippen LogP contribution is 2.18. The maximum Gasteiger partial charge on any atom is 0.308 e. The summed E-state index contributed by atoms with van der Waals surface area (Å²) in [5.74, 6) is 4.77. The number of hydrazone groups is 1. The molecule has 3 N–H and O–H groups in total. The van der Waals surface area contributed by atoms with Crippen molar-refractivity contribution < 1.29 is 14.3 Å². The maximum atomic E-state index is 12.4. The van der Waals surface area contributed by atoms with Crippen LogP contribution < -0.4 is 11.2 Å². The summed E-state index contributed by atoms with van der Waals surface area (Å²) in [6.07, 6.45) is 4.74. The Morgan fingerprint density at radius 2 is 1.83 bits per heavy atom. The van der Waals surface area contributed by atoms with E-state index >= 15 is 0 Å². The number of ether oxygens (including phenoxy) is 1. The molecule has 0 aliphatic heterocycles. The predicted octanol–water partition coefficient (Wildman–Crippen LogP) is 3.50. The van der Waals surface area contributed by atoms with Gasteiger partial charge in [0, 0.05) is 6.42 Å².